The number of rotatable bonds is 9. The summed E-state index contributed by atoms with van der Waals surface area (Å²) in [6.45, 7) is 0. The molecule has 12 rings (SSSR count). The second kappa shape index (κ2) is 16.2. The van der Waals surface area contributed by atoms with E-state index in [9.17, 15) is 0 Å². The van der Waals surface area contributed by atoms with Gasteiger partial charge in [0.15, 0.2) is 5.58 Å². The number of nitrogens with zero attached hydrogens (tertiary/aromatic N) is 2. The van der Waals surface area contributed by atoms with Crippen LogP contribution in [-0.4, -0.2) is 4.98 Å². The van der Waals surface area contributed by atoms with Gasteiger partial charge in [-0.05, 0) is 105 Å². The van der Waals surface area contributed by atoms with Crippen LogP contribution in [0.4, 0.5) is 17.1 Å². The van der Waals surface area contributed by atoms with Crippen LogP contribution < -0.4 is 4.90 Å². The Bertz CT molecular complexity index is 3600. The van der Waals surface area contributed by atoms with Crippen LogP contribution in [0.15, 0.2) is 251 Å². The molecule has 0 aliphatic carbocycles. The highest BCUT2D eigenvalue weighted by atomic mass is 16.4. The summed E-state index contributed by atoms with van der Waals surface area (Å²) in [7, 11) is 0. The van der Waals surface area contributed by atoms with Gasteiger partial charge in [0.25, 0.3) is 0 Å². The third kappa shape index (κ3) is 7.13. The Hall–Kier alpha value is -8.73. The Morgan fingerprint density at radius 1 is 0.292 bits per heavy atom. The van der Waals surface area contributed by atoms with Crippen LogP contribution in [0, 0.1) is 0 Å². The summed E-state index contributed by atoms with van der Waals surface area (Å²) < 4.78 is 12.9. The lowest BCUT2D eigenvalue weighted by molar-refractivity contribution is 0.617. The first kappa shape index (κ1) is 38.0. The zero-order valence-corrected chi connectivity index (χ0v) is 35.3. The zero-order chi connectivity index (χ0) is 43.1. The van der Waals surface area contributed by atoms with Crippen LogP contribution in [0.25, 0.3) is 100 Å². The van der Waals surface area contributed by atoms with Crippen molar-refractivity contribution < 1.29 is 8.83 Å². The topological polar surface area (TPSA) is 42.4 Å². The van der Waals surface area contributed by atoms with Crippen LogP contribution in [0.1, 0.15) is 0 Å². The standard InChI is InChI=1S/C61H40N2O2/c1-4-13-41(14-5-1)43-23-25-45(26-24-43)46-31-35-51(36-32-46)63(53-20-12-19-50(39-53)47-29-27-44(28-30-47)42-15-6-2-7-16-42)52-37-33-48(34-38-52)58-59-54-21-10-11-22-55(54)64-56(59)40-57-60(58)62-61(65-57)49-17-8-3-9-18-49/h1-40H. The summed E-state index contributed by atoms with van der Waals surface area (Å²) >= 11 is 0. The lowest BCUT2D eigenvalue weighted by atomic mass is 9.97. The van der Waals surface area contributed by atoms with Crippen LogP contribution in [0.5, 0.6) is 0 Å². The molecule has 2 heterocycles. The number of benzene rings is 10. The van der Waals surface area contributed by atoms with Crippen molar-refractivity contribution in [1.82, 2.24) is 4.98 Å². The SMILES string of the molecule is c1ccc(-c2ccc(-c3ccc(N(c4ccc(-c5c6nc(-c7ccccc7)oc6cc6oc7ccccc7c56)cc4)c4cccc(-c5ccc(-c6ccccc6)cc5)c4)cc3)cc2)cc1. The van der Waals surface area contributed by atoms with Crippen molar-refractivity contribution in [3.8, 4) is 67.1 Å². The number of para-hydroxylation sites is 1. The van der Waals surface area contributed by atoms with E-state index in [2.05, 4.69) is 199 Å². The molecule has 0 amide bonds. The number of oxazole rings is 1. The molecule has 0 unspecified atom stereocenters. The smallest absolute Gasteiger partial charge is 0.227 e. The van der Waals surface area contributed by atoms with Gasteiger partial charge in [0.05, 0.1) is 0 Å². The van der Waals surface area contributed by atoms with Crippen molar-refractivity contribution in [3.05, 3.63) is 243 Å². The molecule has 0 radical (unpaired) electrons. The Morgan fingerprint density at radius 3 is 1.31 bits per heavy atom. The number of hydrogen-bond acceptors (Lipinski definition) is 4. The first-order valence-corrected chi connectivity index (χ1v) is 21.9. The first-order valence-electron chi connectivity index (χ1n) is 21.9. The van der Waals surface area contributed by atoms with Crippen LogP contribution >= 0.6 is 0 Å². The molecule has 0 saturated heterocycles. The molecule has 65 heavy (non-hydrogen) atoms. The Labute approximate surface area is 377 Å². The molecule has 0 saturated carbocycles. The van der Waals surface area contributed by atoms with Crippen LogP contribution in [0.3, 0.4) is 0 Å². The van der Waals surface area contributed by atoms with E-state index in [1.54, 1.807) is 0 Å². The van der Waals surface area contributed by atoms with Gasteiger partial charge < -0.3 is 13.7 Å². The molecule has 0 bridgehead atoms. The summed E-state index contributed by atoms with van der Waals surface area (Å²) in [5.74, 6) is 0.576. The molecule has 10 aromatic carbocycles. The average Bonchev–Trinajstić information content (AvgIpc) is 3.99. The molecule has 306 valence electrons. The molecule has 12 aromatic rings. The highest BCUT2D eigenvalue weighted by Crippen LogP contribution is 2.44. The fourth-order valence-corrected chi connectivity index (χ4v) is 9.08. The van der Waals surface area contributed by atoms with E-state index in [0.717, 1.165) is 77.9 Å². The third-order valence-electron chi connectivity index (χ3n) is 12.3. The van der Waals surface area contributed by atoms with E-state index in [1.807, 2.05) is 48.5 Å². The zero-order valence-electron chi connectivity index (χ0n) is 35.3. The second-order valence-electron chi connectivity index (χ2n) is 16.3. The Morgan fingerprint density at radius 2 is 0.738 bits per heavy atom. The lowest BCUT2D eigenvalue weighted by Gasteiger charge is -2.26. The van der Waals surface area contributed by atoms with E-state index < -0.39 is 0 Å². The number of anilines is 3. The maximum Gasteiger partial charge on any atom is 0.227 e. The van der Waals surface area contributed by atoms with Gasteiger partial charge >= 0.3 is 0 Å². The van der Waals surface area contributed by atoms with Crippen molar-refractivity contribution in [1.29, 1.82) is 0 Å². The monoisotopic (exact) mass is 832 g/mol. The molecule has 2 aromatic heterocycles. The normalized spacial score (nSPS) is 11.4. The molecule has 0 spiro atoms. The van der Waals surface area contributed by atoms with E-state index >= 15 is 0 Å². The van der Waals surface area contributed by atoms with Crippen molar-refractivity contribution in [2.24, 2.45) is 0 Å². The minimum atomic E-state index is 0.576. The summed E-state index contributed by atoms with van der Waals surface area (Å²) in [4.78, 5) is 7.48. The average molecular weight is 833 g/mol. The fourth-order valence-electron chi connectivity index (χ4n) is 9.08. The van der Waals surface area contributed by atoms with Crippen molar-refractivity contribution in [2.45, 2.75) is 0 Å². The van der Waals surface area contributed by atoms with E-state index in [-0.39, 0.29) is 0 Å². The van der Waals surface area contributed by atoms with Gasteiger partial charge in [-0.2, -0.15) is 0 Å². The number of aromatic nitrogens is 1. The molecule has 0 aliphatic rings. The summed E-state index contributed by atoms with van der Waals surface area (Å²) in [5.41, 5.74) is 18.5. The molecule has 0 fully saturated rings. The number of fused-ring (bicyclic) bond motifs is 4. The molecular formula is C61H40N2O2. The third-order valence-corrected chi connectivity index (χ3v) is 12.3. The van der Waals surface area contributed by atoms with Gasteiger partial charge in [-0.25, -0.2) is 4.98 Å². The van der Waals surface area contributed by atoms with Crippen LogP contribution in [0.2, 0.25) is 0 Å². The lowest BCUT2D eigenvalue weighted by Crippen LogP contribution is -2.10. The fraction of sp³-hybridized carbons (Fsp3) is 0. The molecule has 4 heteroatoms. The summed E-state index contributed by atoms with van der Waals surface area (Å²) in [6, 6.07) is 85.4. The Balaban J connectivity index is 0.959. The highest BCUT2D eigenvalue weighted by Gasteiger charge is 2.22. The second-order valence-corrected chi connectivity index (χ2v) is 16.3. The molecule has 0 aliphatic heterocycles. The molecule has 4 nitrogen and oxygen atoms in total. The largest absolute Gasteiger partial charge is 0.456 e. The Kier molecular flexibility index (Phi) is 9.46. The quantitative estimate of drug-likeness (QED) is 0.145. The van der Waals surface area contributed by atoms with Crippen molar-refractivity contribution in [3.63, 3.8) is 0 Å². The maximum atomic E-state index is 6.46. The molecule has 0 atom stereocenters. The first-order chi connectivity index (χ1) is 32.2. The summed E-state index contributed by atoms with van der Waals surface area (Å²) in [6.07, 6.45) is 0. The maximum absolute atomic E-state index is 6.46. The summed E-state index contributed by atoms with van der Waals surface area (Å²) in [5, 5.41) is 2.06. The minimum Gasteiger partial charge on any atom is -0.456 e. The van der Waals surface area contributed by atoms with Crippen molar-refractivity contribution in [2.75, 3.05) is 4.90 Å². The van der Waals surface area contributed by atoms with E-state index in [0.29, 0.717) is 11.5 Å². The number of furan rings is 1. The van der Waals surface area contributed by atoms with Gasteiger partial charge in [-0.15, -0.1) is 0 Å². The van der Waals surface area contributed by atoms with Crippen molar-refractivity contribution >= 4 is 50.1 Å². The molecular weight excluding hydrogens is 793 g/mol. The van der Waals surface area contributed by atoms with E-state index in [4.69, 9.17) is 13.8 Å². The van der Waals surface area contributed by atoms with Gasteiger partial charge in [0.2, 0.25) is 5.89 Å². The highest BCUT2D eigenvalue weighted by molar-refractivity contribution is 6.19. The van der Waals surface area contributed by atoms with Gasteiger partial charge in [0.1, 0.15) is 16.7 Å². The van der Waals surface area contributed by atoms with Gasteiger partial charge in [0, 0.05) is 45.0 Å². The minimum absolute atomic E-state index is 0.576. The van der Waals surface area contributed by atoms with Crippen LogP contribution in [-0.2, 0) is 0 Å². The predicted molar refractivity (Wildman–Crippen MR) is 269 cm³/mol. The van der Waals surface area contributed by atoms with Gasteiger partial charge in [-0.1, -0.05) is 182 Å². The van der Waals surface area contributed by atoms with E-state index in [1.165, 1.54) is 27.8 Å². The number of hydrogen-bond donors (Lipinski definition) is 0. The molecule has 0 N–H and O–H groups in total. The van der Waals surface area contributed by atoms with Gasteiger partial charge in [-0.3, -0.25) is 0 Å². The predicted octanol–water partition coefficient (Wildman–Crippen LogP) is 17.2.